The molecule has 0 saturated carbocycles. The van der Waals surface area contributed by atoms with Gasteiger partial charge in [-0.25, -0.2) is 0 Å². The van der Waals surface area contributed by atoms with Crippen LogP contribution in [0.5, 0.6) is 5.75 Å². The summed E-state index contributed by atoms with van der Waals surface area (Å²) >= 11 is 0. The molecule has 5 heteroatoms. The molecule has 2 rings (SSSR count). The van der Waals surface area contributed by atoms with Gasteiger partial charge < -0.3 is 20.3 Å². The Labute approximate surface area is 159 Å². The smallest absolute Gasteiger partial charge is 0.191 e. The van der Waals surface area contributed by atoms with E-state index in [0.29, 0.717) is 13.2 Å². The van der Waals surface area contributed by atoms with E-state index in [9.17, 15) is 0 Å². The first kappa shape index (κ1) is 20.6. The third-order valence-electron chi connectivity index (χ3n) is 5.01. The summed E-state index contributed by atoms with van der Waals surface area (Å²) in [7, 11) is 1.82. The van der Waals surface area contributed by atoms with Crippen LogP contribution in [0.1, 0.15) is 45.1 Å². The molecular weight excluding hydrogens is 324 g/mol. The molecule has 1 heterocycles. The monoisotopic (exact) mass is 360 g/mol. The molecule has 26 heavy (non-hydrogen) atoms. The SMILES string of the molecule is CCOc1ccccc1CNC(=NC)NCCCCN1CCC(C)CC1. The number of rotatable bonds is 9. The molecule has 0 aliphatic carbocycles. The van der Waals surface area contributed by atoms with Crippen molar-refractivity contribution < 1.29 is 4.74 Å². The van der Waals surface area contributed by atoms with E-state index in [1.165, 1.54) is 45.3 Å². The molecule has 1 saturated heterocycles. The molecule has 1 aromatic rings. The second-order valence-corrected chi connectivity index (χ2v) is 7.12. The van der Waals surface area contributed by atoms with E-state index in [0.717, 1.165) is 29.7 Å². The Balaban J connectivity index is 1.62. The van der Waals surface area contributed by atoms with Gasteiger partial charge in [-0.2, -0.15) is 0 Å². The second kappa shape index (κ2) is 11.8. The highest BCUT2D eigenvalue weighted by molar-refractivity contribution is 5.79. The van der Waals surface area contributed by atoms with E-state index in [-0.39, 0.29) is 0 Å². The fourth-order valence-electron chi connectivity index (χ4n) is 3.30. The molecule has 1 fully saturated rings. The molecule has 146 valence electrons. The van der Waals surface area contributed by atoms with Gasteiger partial charge in [-0.1, -0.05) is 25.1 Å². The van der Waals surface area contributed by atoms with Crippen LogP contribution >= 0.6 is 0 Å². The third kappa shape index (κ3) is 7.24. The van der Waals surface area contributed by atoms with Crippen LogP contribution in [-0.2, 0) is 6.54 Å². The number of guanidine groups is 1. The Morgan fingerprint density at radius 1 is 1.19 bits per heavy atom. The molecule has 0 unspecified atom stereocenters. The van der Waals surface area contributed by atoms with Crippen molar-refractivity contribution in [1.29, 1.82) is 0 Å². The normalized spacial score (nSPS) is 16.5. The lowest BCUT2D eigenvalue weighted by molar-refractivity contribution is 0.189. The number of likely N-dealkylation sites (tertiary alicyclic amines) is 1. The van der Waals surface area contributed by atoms with Gasteiger partial charge in [0.25, 0.3) is 0 Å². The van der Waals surface area contributed by atoms with E-state index in [2.05, 4.69) is 33.5 Å². The molecule has 1 aromatic carbocycles. The zero-order valence-corrected chi connectivity index (χ0v) is 16.8. The van der Waals surface area contributed by atoms with Gasteiger partial charge in [-0.15, -0.1) is 0 Å². The van der Waals surface area contributed by atoms with Gasteiger partial charge in [-0.3, -0.25) is 4.99 Å². The predicted octanol–water partition coefficient (Wildman–Crippen LogP) is 3.26. The summed E-state index contributed by atoms with van der Waals surface area (Å²) in [4.78, 5) is 6.93. The summed E-state index contributed by atoms with van der Waals surface area (Å²) in [6, 6.07) is 8.14. The highest BCUT2D eigenvalue weighted by Crippen LogP contribution is 2.17. The minimum absolute atomic E-state index is 0.680. The average molecular weight is 361 g/mol. The van der Waals surface area contributed by atoms with Gasteiger partial charge in [0.05, 0.1) is 6.61 Å². The van der Waals surface area contributed by atoms with Crippen molar-refractivity contribution in [3.8, 4) is 5.75 Å². The van der Waals surface area contributed by atoms with Crippen LogP contribution in [0.15, 0.2) is 29.3 Å². The number of hydrogen-bond acceptors (Lipinski definition) is 3. The van der Waals surface area contributed by atoms with Gasteiger partial charge in [-0.05, 0) is 64.2 Å². The second-order valence-electron chi connectivity index (χ2n) is 7.12. The van der Waals surface area contributed by atoms with E-state index in [4.69, 9.17) is 4.74 Å². The summed E-state index contributed by atoms with van der Waals surface area (Å²) < 4.78 is 5.68. The topological polar surface area (TPSA) is 48.9 Å². The maximum Gasteiger partial charge on any atom is 0.191 e. The summed E-state index contributed by atoms with van der Waals surface area (Å²) in [5.74, 6) is 2.70. The molecule has 1 aliphatic rings. The quantitative estimate of drug-likeness (QED) is 0.403. The molecule has 1 aliphatic heterocycles. The van der Waals surface area contributed by atoms with Crippen LogP contribution in [0.25, 0.3) is 0 Å². The van der Waals surface area contributed by atoms with Crippen molar-refractivity contribution in [2.24, 2.45) is 10.9 Å². The first-order valence-corrected chi connectivity index (χ1v) is 10.1. The van der Waals surface area contributed by atoms with Gasteiger partial charge in [0.1, 0.15) is 5.75 Å². The van der Waals surface area contributed by atoms with Gasteiger partial charge >= 0.3 is 0 Å². The Kier molecular flexibility index (Phi) is 9.32. The predicted molar refractivity (Wildman–Crippen MR) is 110 cm³/mol. The lowest BCUT2D eigenvalue weighted by Gasteiger charge is -2.30. The van der Waals surface area contributed by atoms with Crippen LogP contribution < -0.4 is 15.4 Å². The summed E-state index contributed by atoms with van der Waals surface area (Å²) in [6.07, 6.45) is 5.13. The van der Waals surface area contributed by atoms with Crippen LogP contribution in [0.4, 0.5) is 0 Å². The van der Waals surface area contributed by atoms with Crippen molar-refractivity contribution in [2.45, 2.75) is 46.1 Å². The third-order valence-corrected chi connectivity index (χ3v) is 5.01. The van der Waals surface area contributed by atoms with Crippen molar-refractivity contribution in [1.82, 2.24) is 15.5 Å². The Morgan fingerprint density at radius 3 is 2.69 bits per heavy atom. The zero-order valence-electron chi connectivity index (χ0n) is 16.8. The lowest BCUT2D eigenvalue weighted by Crippen LogP contribution is -2.38. The fraction of sp³-hybridized carbons (Fsp3) is 0.667. The van der Waals surface area contributed by atoms with E-state index in [1.54, 1.807) is 0 Å². The first-order valence-electron chi connectivity index (χ1n) is 10.1. The van der Waals surface area contributed by atoms with Crippen LogP contribution in [0, 0.1) is 5.92 Å². The molecule has 0 aromatic heterocycles. The van der Waals surface area contributed by atoms with Crippen molar-refractivity contribution >= 4 is 5.96 Å². The summed E-state index contributed by atoms with van der Waals surface area (Å²) in [5, 5.41) is 6.79. The van der Waals surface area contributed by atoms with E-state index >= 15 is 0 Å². The van der Waals surface area contributed by atoms with Crippen molar-refractivity contribution in [3.05, 3.63) is 29.8 Å². The van der Waals surface area contributed by atoms with Crippen LogP contribution in [-0.4, -0.2) is 50.7 Å². The highest BCUT2D eigenvalue weighted by Gasteiger charge is 2.14. The number of unbranched alkanes of at least 4 members (excludes halogenated alkanes) is 1. The number of aliphatic imine (C=N–C) groups is 1. The fourth-order valence-corrected chi connectivity index (χ4v) is 3.30. The van der Waals surface area contributed by atoms with Crippen molar-refractivity contribution in [2.75, 3.05) is 39.8 Å². The van der Waals surface area contributed by atoms with Crippen LogP contribution in [0.3, 0.4) is 0 Å². The standard InChI is InChI=1S/C21H36N4O/c1-4-26-20-10-6-5-9-19(20)17-24-21(22-3)23-13-7-8-14-25-15-11-18(2)12-16-25/h5-6,9-10,18H,4,7-8,11-17H2,1-3H3,(H2,22,23,24). The molecule has 0 spiro atoms. The summed E-state index contributed by atoms with van der Waals surface area (Å²) in [5.41, 5.74) is 1.15. The number of ether oxygens (including phenoxy) is 1. The minimum Gasteiger partial charge on any atom is -0.494 e. The first-order chi connectivity index (χ1) is 12.7. The maximum absolute atomic E-state index is 5.68. The van der Waals surface area contributed by atoms with Crippen LogP contribution in [0.2, 0.25) is 0 Å². The average Bonchev–Trinajstić information content (AvgIpc) is 2.67. The van der Waals surface area contributed by atoms with Gasteiger partial charge in [0, 0.05) is 25.7 Å². The largest absolute Gasteiger partial charge is 0.494 e. The van der Waals surface area contributed by atoms with Gasteiger partial charge in [0.2, 0.25) is 0 Å². The van der Waals surface area contributed by atoms with Gasteiger partial charge in [0.15, 0.2) is 5.96 Å². The molecule has 2 N–H and O–H groups in total. The van der Waals surface area contributed by atoms with E-state index < -0.39 is 0 Å². The number of para-hydroxylation sites is 1. The molecule has 0 atom stereocenters. The maximum atomic E-state index is 5.68. The molecule has 5 nitrogen and oxygen atoms in total. The molecule has 0 bridgehead atoms. The number of nitrogens with one attached hydrogen (secondary N) is 2. The molecular formula is C21H36N4O. The Morgan fingerprint density at radius 2 is 1.96 bits per heavy atom. The Hall–Kier alpha value is -1.75. The number of benzene rings is 1. The summed E-state index contributed by atoms with van der Waals surface area (Å²) in [6.45, 7) is 10.5. The molecule has 0 amide bonds. The van der Waals surface area contributed by atoms with E-state index in [1.807, 2.05) is 32.2 Å². The number of piperidine rings is 1. The zero-order chi connectivity index (χ0) is 18.6. The Bertz CT molecular complexity index is 539. The van der Waals surface area contributed by atoms with Crippen molar-refractivity contribution in [3.63, 3.8) is 0 Å². The lowest BCUT2D eigenvalue weighted by atomic mass is 9.99. The highest BCUT2D eigenvalue weighted by atomic mass is 16.5. The number of hydrogen-bond donors (Lipinski definition) is 2. The minimum atomic E-state index is 0.680. The number of nitrogens with zero attached hydrogens (tertiary/aromatic N) is 2. The molecule has 0 radical (unpaired) electrons.